The molecule has 0 aliphatic carbocycles. The third kappa shape index (κ3) is 2.37. The van der Waals surface area contributed by atoms with Gasteiger partial charge >= 0.3 is 0 Å². The molecule has 0 unspecified atom stereocenters. The van der Waals surface area contributed by atoms with E-state index in [0.29, 0.717) is 0 Å². The third-order valence-electron chi connectivity index (χ3n) is 2.29. The second kappa shape index (κ2) is 4.17. The molecule has 0 aliphatic rings. The molecule has 78 valence electrons. The van der Waals surface area contributed by atoms with Crippen LogP contribution >= 0.6 is 0 Å². The number of ether oxygens (including phenoxy) is 1. The van der Waals surface area contributed by atoms with Crippen molar-refractivity contribution in [3.05, 3.63) is 48.0 Å². The summed E-state index contributed by atoms with van der Waals surface area (Å²) in [6, 6.07) is 8.07. The average molecular weight is 202 g/mol. The highest BCUT2D eigenvalue weighted by atomic mass is 16.5. The maximum Gasteiger partial charge on any atom is 0.118 e. The maximum absolute atomic E-state index is 5.10. The lowest BCUT2D eigenvalue weighted by Crippen LogP contribution is -1.96. The second-order valence-corrected chi connectivity index (χ2v) is 3.54. The predicted molar refractivity (Wildman–Crippen MR) is 59.1 cm³/mol. The lowest BCUT2D eigenvalue weighted by atomic mass is 10.2. The van der Waals surface area contributed by atoms with E-state index in [1.807, 2.05) is 31.6 Å². The van der Waals surface area contributed by atoms with Crippen LogP contribution in [-0.2, 0) is 6.54 Å². The lowest BCUT2D eigenvalue weighted by Gasteiger charge is -2.03. The van der Waals surface area contributed by atoms with Crippen LogP contribution in [0, 0.1) is 6.92 Å². The predicted octanol–water partition coefficient (Wildman–Crippen LogP) is 2.25. The van der Waals surface area contributed by atoms with E-state index in [1.54, 1.807) is 7.11 Å². The largest absolute Gasteiger partial charge is 0.497 e. The summed E-state index contributed by atoms with van der Waals surface area (Å²) in [5.41, 5.74) is 2.29. The quantitative estimate of drug-likeness (QED) is 0.763. The van der Waals surface area contributed by atoms with Crippen LogP contribution in [0.2, 0.25) is 0 Å². The topological polar surface area (TPSA) is 27.1 Å². The van der Waals surface area contributed by atoms with E-state index >= 15 is 0 Å². The van der Waals surface area contributed by atoms with E-state index in [2.05, 4.69) is 21.7 Å². The fourth-order valence-electron chi connectivity index (χ4n) is 1.50. The molecule has 3 nitrogen and oxygen atoms in total. The van der Waals surface area contributed by atoms with Crippen molar-refractivity contribution >= 4 is 0 Å². The average Bonchev–Trinajstić information content (AvgIpc) is 2.65. The SMILES string of the molecule is COc1ccc(Cn2cnc(C)c2)cc1. The fraction of sp³-hybridized carbons (Fsp3) is 0.250. The van der Waals surface area contributed by atoms with Gasteiger partial charge in [0.25, 0.3) is 0 Å². The van der Waals surface area contributed by atoms with Crippen molar-refractivity contribution in [1.29, 1.82) is 0 Å². The summed E-state index contributed by atoms with van der Waals surface area (Å²) in [7, 11) is 1.67. The molecule has 0 spiro atoms. The van der Waals surface area contributed by atoms with Crippen LogP contribution in [0.25, 0.3) is 0 Å². The van der Waals surface area contributed by atoms with E-state index in [-0.39, 0.29) is 0 Å². The Morgan fingerprint density at radius 1 is 1.27 bits per heavy atom. The molecule has 3 heteroatoms. The molecule has 0 saturated heterocycles. The van der Waals surface area contributed by atoms with Crippen molar-refractivity contribution in [2.45, 2.75) is 13.5 Å². The molecule has 2 aromatic rings. The Hall–Kier alpha value is -1.77. The molecule has 0 aliphatic heterocycles. The molecule has 1 aromatic carbocycles. The zero-order chi connectivity index (χ0) is 10.7. The number of aryl methyl sites for hydroxylation is 1. The number of methoxy groups -OCH3 is 1. The molecule has 0 fully saturated rings. The van der Waals surface area contributed by atoms with Crippen molar-refractivity contribution in [2.24, 2.45) is 0 Å². The summed E-state index contributed by atoms with van der Waals surface area (Å²) in [6.45, 7) is 2.84. The van der Waals surface area contributed by atoms with E-state index < -0.39 is 0 Å². The number of rotatable bonds is 3. The standard InChI is InChI=1S/C12H14N2O/c1-10-7-14(9-13-10)8-11-3-5-12(15-2)6-4-11/h3-7,9H,8H2,1-2H3. The second-order valence-electron chi connectivity index (χ2n) is 3.54. The van der Waals surface area contributed by atoms with Gasteiger partial charge in [-0.15, -0.1) is 0 Å². The first-order chi connectivity index (χ1) is 7.28. The zero-order valence-corrected chi connectivity index (χ0v) is 8.97. The van der Waals surface area contributed by atoms with Gasteiger partial charge in [-0.3, -0.25) is 0 Å². The van der Waals surface area contributed by atoms with Gasteiger partial charge < -0.3 is 9.30 Å². The van der Waals surface area contributed by atoms with Gasteiger partial charge in [-0.1, -0.05) is 12.1 Å². The number of benzene rings is 1. The van der Waals surface area contributed by atoms with Crippen LogP contribution in [0.5, 0.6) is 5.75 Å². The molecule has 1 heterocycles. The first-order valence-corrected chi connectivity index (χ1v) is 4.89. The van der Waals surface area contributed by atoms with E-state index in [4.69, 9.17) is 4.74 Å². The van der Waals surface area contributed by atoms with E-state index in [0.717, 1.165) is 18.0 Å². The molecule has 0 amide bonds. The van der Waals surface area contributed by atoms with Gasteiger partial charge in [-0.2, -0.15) is 0 Å². The van der Waals surface area contributed by atoms with Gasteiger partial charge in [-0.25, -0.2) is 4.98 Å². The van der Waals surface area contributed by atoms with Gasteiger partial charge in [0.15, 0.2) is 0 Å². The highest BCUT2D eigenvalue weighted by molar-refractivity contribution is 5.27. The molecule has 0 radical (unpaired) electrons. The number of hydrogen-bond acceptors (Lipinski definition) is 2. The number of aromatic nitrogens is 2. The Labute approximate surface area is 89.3 Å². The minimum atomic E-state index is 0.852. The molecular weight excluding hydrogens is 188 g/mol. The molecule has 1 aromatic heterocycles. The summed E-state index contributed by atoms with van der Waals surface area (Å²) in [6.07, 6.45) is 3.88. The van der Waals surface area contributed by atoms with Crippen LogP contribution in [0.15, 0.2) is 36.8 Å². The van der Waals surface area contributed by atoms with Crippen LogP contribution in [0.3, 0.4) is 0 Å². The van der Waals surface area contributed by atoms with Crippen molar-refractivity contribution in [1.82, 2.24) is 9.55 Å². The molecule has 0 saturated carbocycles. The summed E-state index contributed by atoms with van der Waals surface area (Å²) < 4.78 is 7.17. The maximum atomic E-state index is 5.10. The summed E-state index contributed by atoms with van der Waals surface area (Å²) in [4.78, 5) is 4.18. The normalized spacial score (nSPS) is 10.3. The van der Waals surface area contributed by atoms with Crippen molar-refractivity contribution < 1.29 is 4.74 Å². The van der Waals surface area contributed by atoms with Gasteiger partial charge in [0.05, 0.1) is 19.1 Å². The van der Waals surface area contributed by atoms with Crippen molar-refractivity contribution in [2.75, 3.05) is 7.11 Å². The fourth-order valence-corrected chi connectivity index (χ4v) is 1.50. The van der Waals surface area contributed by atoms with E-state index in [1.165, 1.54) is 5.56 Å². The molecular formula is C12H14N2O. The molecule has 15 heavy (non-hydrogen) atoms. The van der Waals surface area contributed by atoms with E-state index in [9.17, 15) is 0 Å². The van der Waals surface area contributed by atoms with Gasteiger partial charge in [-0.05, 0) is 24.6 Å². The number of hydrogen-bond donors (Lipinski definition) is 0. The lowest BCUT2D eigenvalue weighted by molar-refractivity contribution is 0.414. The summed E-state index contributed by atoms with van der Waals surface area (Å²) in [5.74, 6) is 0.889. The highest BCUT2D eigenvalue weighted by Gasteiger charge is 1.97. The third-order valence-corrected chi connectivity index (χ3v) is 2.29. The first-order valence-electron chi connectivity index (χ1n) is 4.89. The molecule has 2 rings (SSSR count). The monoisotopic (exact) mass is 202 g/mol. The zero-order valence-electron chi connectivity index (χ0n) is 8.97. The summed E-state index contributed by atoms with van der Waals surface area (Å²) >= 11 is 0. The minimum absolute atomic E-state index is 0.852. The Morgan fingerprint density at radius 3 is 2.53 bits per heavy atom. The van der Waals surface area contributed by atoms with Gasteiger partial charge in [0.2, 0.25) is 0 Å². The van der Waals surface area contributed by atoms with Crippen LogP contribution in [-0.4, -0.2) is 16.7 Å². The van der Waals surface area contributed by atoms with Crippen LogP contribution in [0.1, 0.15) is 11.3 Å². The summed E-state index contributed by atoms with van der Waals surface area (Å²) in [5, 5.41) is 0. The Kier molecular flexibility index (Phi) is 2.72. The van der Waals surface area contributed by atoms with Crippen molar-refractivity contribution in [3.63, 3.8) is 0 Å². The number of imidazole rings is 1. The molecule has 0 bridgehead atoms. The molecule has 0 atom stereocenters. The Bertz CT molecular complexity index is 431. The smallest absolute Gasteiger partial charge is 0.118 e. The minimum Gasteiger partial charge on any atom is -0.497 e. The van der Waals surface area contributed by atoms with Crippen LogP contribution < -0.4 is 4.74 Å². The molecule has 0 N–H and O–H groups in total. The van der Waals surface area contributed by atoms with Crippen molar-refractivity contribution in [3.8, 4) is 5.75 Å². The highest BCUT2D eigenvalue weighted by Crippen LogP contribution is 2.12. The first kappa shape index (κ1) is 9.77. The van der Waals surface area contributed by atoms with Gasteiger partial charge in [0, 0.05) is 12.7 Å². The van der Waals surface area contributed by atoms with Crippen LogP contribution in [0.4, 0.5) is 0 Å². The number of nitrogens with zero attached hydrogens (tertiary/aromatic N) is 2. The Morgan fingerprint density at radius 2 is 2.00 bits per heavy atom. The van der Waals surface area contributed by atoms with Gasteiger partial charge in [0.1, 0.15) is 5.75 Å². The Balaban J connectivity index is 2.11.